The third kappa shape index (κ3) is 3.26. The van der Waals surface area contributed by atoms with Crippen molar-refractivity contribution in [1.29, 1.82) is 0 Å². The summed E-state index contributed by atoms with van der Waals surface area (Å²) in [6.07, 6.45) is 3.92. The normalized spacial score (nSPS) is 24.3. The van der Waals surface area contributed by atoms with Gasteiger partial charge in [0.15, 0.2) is 0 Å². The highest BCUT2D eigenvalue weighted by Crippen LogP contribution is 2.38. The van der Waals surface area contributed by atoms with E-state index >= 15 is 0 Å². The summed E-state index contributed by atoms with van der Waals surface area (Å²) >= 11 is 3.80. The summed E-state index contributed by atoms with van der Waals surface area (Å²) in [5, 5.41) is 11.5. The molecular weight excluding hydrogens is 254 g/mol. The molecule has 5 heteroatoms. The number of para-hydroxylation sites is 1. The summed E-state index contributed by atoms with van der Waals surface area (Å²) in [5.74, 6) is 1.15. The molecule has 1 aliphatic rings. The number of thioether (sulfide) groups is 2. The van der Waals surface area contributed by atoms with Gasteiger partial charge in [0, 0.05) is 17.1 Å². The zero-order valence-corrected chi connectivity index (χ0v) is 11.0. The van der Waals surface area contributed by atoms with Gasteiger partial charge in [-0.2, -0.15) is 0 Å². The molecule has 0 N–H and O–H groups in total. The lowest BCUT2D eigenvalue weighted by Gasteiger charge is -2.01. The molecule has 2 rings (SSSR count). The van der Waals surface area contributed by atoms with E-state index in [1.165, 1.54) is 6.07 Å². The number of hydrogen-bond donors (Lipinski definition) is 0. The number of rotatable bonds is 3. The summed E-state index contributed by atoms with van der Waals surface area (Å²) in [7, 11) is 0. The van der Waals surface area contributed by atoms with Crippen LogP contribution in [0.2, 0.25) is 0 Å². The zero-order valence-electron chi connectivity index (χ0n) is 9.41. The van der Waals surface area contributed by atoms with E-state index in [2.05, 4.69) is 13.0 Å². The van der Waals surface area contributed by atoms with E-state index < -0.39 is 0 Å². The molecule has 0 radical (unpaired) electrons. The molecule has 0 unspecified atom stereocenters. The van der Waals surface area contributed by atoms with Crippen molar-refractivity contribution in [2.75, 3.05) is 5.75 Å². The monoisotopic (exact) mass is 267 g/mol. The minimum atomic E-state index is -0.336. The predicted octanol–water partition coefficient (Wildman–Crippen LogP) is 3.80. The van der Waals surface area contributed by atoms with Crippen LogP contribution in [0.15, 0.2) is 30.3 Å². The number of nitrogens with zero attached hydrogens (tertiary/aromatic N) is 1. The van der Waals surface area contributed by atoms with Crippen molar-refractivity contribution in [3.8, 4) is 0 Å². The minimum absolute atomic E-state index is 0.171. The first-order valence-electron chi connectivity index (χ1n) is 5.35. The lowest BCUT2D eigenvalue weighted by molar-refractivity contribution is -0.385. The molecule has 1 aromatic rings. The minimum Gasteiger partial charge on any atom is -0.258 e. The van der Waals surface area contributed by atoms with Crippen LogP contribution in [0, 0.1) is 10.1 Å². The van der Waals surface area contributed by atoms with Crippen LogP contribution in [0.25, 0.3) is 6.08 Å². The van der Waals surface area contributed by atoms with Gasteiger partial charge in [0.05, 0.1) is 15.1 Å². The highest BCUT2D eigenvalue weighted by Gasteiger charge is 2.20. The van der Waals surface area contributed by atoms with Gasteiger partial charge >= 0.3 is 0 Å². The molecule has 0 saturated carbocycles. The van der Waals surface area contributed by atoms with E-state index in [0.29, 0.717) is 15.4 Å². The van der Waals surface area contributed by atoms with Crippen LogP contribution in [-0.2, 0) is 0 Å². The fourth-order valence-electron chi connectivity index (χ4n) is 1.62. The van der Waals surface area contributed by atoms with Crippen LogP contribution >= 0.6 is 23.5 Å². The van der Waals surface area contributed by atoms with Gasteiger partial charge in [-0.25, -0.2) is 0 Å². The molecule has 1 aliphatic heterocycles. The molecule has 0 spiro atoms. The number of benzene rings is 1. The van der Waals surface area contributed by atoms with Crippen molar-refractivity contribution in [2.45, 2.75) is 16.8 Å². The second-order valence-electron chi connectivity index (χ2n) is 3.82. The fraction of sp³-hybridized carbons (Fsp3) is 0.333. The Hall–Kier alpha value is -0.940. The molecule has 2 atom stereocenters. The topological polar surface area (TPSA) is 43.1 Å². The summed E-state index contributed by atoms with van der Waals surface area (Å²) in [4.78, 5) is 10.5. The van der Waals surface area contributed by atoms with Crippen LogP contribution in [0.1, 0.15) is 12.5 Å². The molecule has 17 heavy (non-hydrogen) atoms. The van der Waals surface area contributed by atoms with E-state index in [0.717, 1.165) is 5.75 Å². The molecule has 90 valence electrons. The Balaban J connectivity index is 2.13. The molecule has 0 amide bonds. The predicted molar refractivity (Wildman–Crippen MR) is 75.4 cm³/mol. The maximum atomic E-state index is 10.8. The van der Waals surface area contributed by atoms with Gasteiger partial charge in [-0.05, 0) is 6.07 Å². The molecule has 1 heterocycles. The van der Waals surface area contributed by atoms with Gasteiger partial charge in [-0.3, -0.25) is 10.1 Å². The van der Waals surface area contributed by atoms with Crippen LogP contribution in [-0.4, -0.2) is 20.5 Å². The van der Waals surface area contributed by atoms with E-state index in [-0.39, 0.29) is 10.6 Å². The molecule has 3 nitrogen and oxygen atoms in total. The van der Waals surface area contributed by atoms with Crippen LogP contribution in [0.5, 0.6) is 0 Å². The Bertz CT molecular complexity index is 448. The Morgan fingerprint density at radius 1 is 1.47 bits per heavy atom. The number of nitro benzene ring substituents is 1. The lowest BCUT2D eigenvalue weighted by atomic mass is 10.2. The highest BCUT2D eigenvalue weighted by atomic mass is 32.2. The van der Waals surface area contributed by atoms with Crippen LogP contribution in [0.3, 0.4) is 0 Å². The first-order valence-corrected chi connectivity index (χ1v) is 7.34. The first kappa shape index (κ1) is 12.5. The van der Waals surface area contributed by atoms with Gasteiger partial charge in [0.25, 0.3) is 5.69 Å². The third-order valence-electron chi connectivity index (χ3n) is 2.43. The molecule has 0 aromatic heterocycles. The molecule has 1 aromatic carbocycles. The fourth-order valence-corrected chi connectivity index (χ4v) is 4.56. The summed E-state index contributed by atoms with van der Waals surface area (Å²) < 4.78 is 0.421. The molecular formula is C12H13NO2S2. The maximum Gasteiger partial charge on any atom is 0.276 e. The summed E-state index contributed by atoms with van der Waals surface area (Å²) in [5.41, 5.74) is 0.850. The first-order chi connectivity index (χ1) is 8.16. The van der Waals surface area contributed by atoms with Gasteiger partial charge < -0.3 is 0 Å². The Morgan fingerprint density at radius 3 is 2.88 bits per heavy atom. The maximum absolute atomic E-state index is 10.8. The smallest absolute Gasteiger partial charge is 0.258 e. The van der Waals surface area contributed by atoms with Crippen molar-refractivity contribution < 1.29 is 4.92 Å². The van der Waals surface area contributed by atoms with Crippen LogP contribution < -0.4 is 0 Å². The average Bonchev–Trinajstić information content (AvgIpc) is 2.73. The average molecular weight is 267 g/mol. The second kappa shape index (κ2) is 5.60. The lowest BCUT2D eigenvalue weighted by Crippen LogP contribution is -1.92. The van der Waals surface area contributed by atoms with Crippen molar-refractivity contribution in [3.05, 3.63) is 46.0 Å². The number of hydrogen-bond acceptors (Lipinski definition) is 4. The SMILES string of the molecule is C[C@@H]1CS[C@@H](/C=C\c2ccccc2[N+](=O)[O-])S1. The van der Waals surface area contributed by atoms with Crippen molar-refractivity contribution >= 4 is 35.3 Å². The summed E-state index contributed by atoms with van der Waals surface area (Å²) in [6.45, 7) is 2.20. The van der Waals surface area contributed by atoms with E-state index in [1.807, 2.05) is 35.7 Å². The summed E-state index contributed by atoms with van der Waals surface area (Å²) in [6, 6.07) is 6.83. The second-order valence-corrected chi connectivity index (χ2v) is 6.88. The van der Waals surface area contributed by atoms with E-state index in [1.54, 1.807) is 12.1 Å². The van der Waals surface area contributed by atoms with E-state index in [9.17, 15) is 10.1 Å². The van der Waals surface area contributed by atoms with Crippen molar-refractivity contribution in [3.63, 3.8) is 0 Å². The quantitative estimate of drug-likeness (QED) is 0.617. The Labute approximate surface area is 109 Å². The Kier molecular flexibility index (Phi) is 4.12. The van der Waals surface area contributed by atoms with Crippen LogP contribution in [0.4, 0.5) is 5.69 Å². The third-order valence-corrected chi connectivity index (χ3v) is 5.62. The largest absolute Gasteiger partial charge is 0.276 e. The highest BCUT2D eigenvalue weighted by molar-refractivity contribution is 8.20. The van der Waals surface area contributed by atoms with Crippen molar-refractivity contribution in [1.82, 2.24) is 0 Å². The number of nitro groups is 1. The van der Waals surface area contributed by atoms with Gasteiger partial charge in [-0.15, -0.1) is 23.5 Å². The molecule has 1 fully saturated rings. The van der Waals surface area contributed by atoms with Gasteiger partial charge in [0.2, 0.25) is 0 Å². The van der Waals surface area contributed by atoms with E-state index in [4.69, 9.17) is 0 Å². The van der Waals surface area contributed by atoms with Gasteiger partial charge in [-0.1, -0.05) is 31.2 Å². The molecule has 0 bridgehead atoms. The molecule has 1 saturated heterocycles. The standard InChI is InChI=1S/C12H13NO2S2/c1-9-8-16-12(17-9)7-6-10-4-2-3-5-11(10)13(14)15/h2-7,9,12H,8H2,1H3/b7-6-/t9-,12-/m1/s1. The van der Waals surface area contributed by atoms with Gasteiger partial charge in [0.1, 0.15) is 0 Å². The molecule has 0 aliphatic carbocycles. The zero-order chi connectivity index (χ0) is 12.3. The van der Waals surface area contributed by atoms with Crippen molar-refractivity contribution in [2.24, 2.45) is 0 Å². The Morgan fingerprint density at radius 2 is 2.24 bits per heavy atom.